The SMILES string of the molecule is C[C@]1(NC(=O)CCO)C[C@@H](c2ccc(F)cc2OCC(=O)O)O[C@@H](c2ccc(Cl)cc2)C1. The fraction of sp³-hybridized carbons (Fsp3) is 0.391. The van der Waals surface area contributed by atoms with E-state index in [9.17, 15) is 14.0 Å². The van der Waals surface area contributed by atoms with Crippen molar-refractivity contribution in [2.45, 2.75) is 43.9 Å². The van der Waals surface area contributed by atoms with E-state index in [0.717, 1.165) is 11.6 Å². The number of hydrogen-bond donors (Lipinski definition) is 3. The number of hydrogen-bond acceptors (Lipinski definition) is 5. The fourth-order valence-electron chi connectivity index (χ4n) is 3.89. The fourth-order valence-corrected chi connectivity index (χ4v) is 4.02. The molecule has 1 saturated heterocycles. The van der Waals surface area contributed by atoms with Crippen LogP contribution in [0, 0.1) is 5.82 Å². The summed E-state index contributed by atoms with van der Waals surface area (Å²) < 4.78 is 25.5. The highest BCUT2D eigenvalue weighted by atomic mass is 35.5. The second-order valence-corrected chi connectivity index (χ2v) is 8.46. The second-order valence-electron chi connectivity index (χ2n) is 8.02. The maximum atomic E-state index is 13.9. The number of nitrogens with one attached hydrogen (secondary N) is 1. The van der Waals surface area contributed by atoms with Gasteiger partial charge in [-0.25, -0.2) is 9.18 Å². The molecule has 1 aliphatic rings. The average Bonchev–Trinajstić information content (AvgIpc) is 2.72. The highest BCUT2D eigenvalue weighted by Crippen LogP contribution is 2.46. The van der Waals surface area contributed by atoms with Gasteiger partial charge in [-0.05, 0) is 36.8 Å². The topological polar surface area (TPSA) is 105 Å². The number of carboxylic acids is 1. The van der Waals surface area contributed by atoms with Crippen molar-refractivity contribution in [3.8, 4) is 5.75 Å². The van der Waals surface area contributed by atoms with Crippen LogP contribution in [0.3, 0.4) is 0 Å². The second kappa shape index (κ2) is 10.3. The van der Waals surface area contributed by atoms with Crippen molar-refractivity contribution < 1.29 is 33.7 Å². The van der Waals surface area contributed by atoms with E-state index in [1.165, 1.54) is 12.1 Å². The number of carboxylic acid groups (broad SMARTS) is 1. The van der Waals surface area contributed by atoms with Gasteiger partial charge < -0.3 is 25.0 Å². The molecule has 3 N–H and O–H groups in total. The van der Waals surface area contributed by atoms with E-state index in [2.05, 4.69) is 5.32 Å². The zero-order chi connectivity index (χ0) is 23.3. The first kappa shape index (κ1) is 24.0. The molecule has 0 aromatic heterocycles. The van der Waals surface area contributed by atoms with Gasteiger partial charge in [-0.15, -0.1) is 0 Å². The van der Waals surface area contributed by atoms with E-state index in [4.69, 9.17) is 31.3 Å². The minimum absolute atomic E-state index is 0.0315. The van der Waals surface area contributed by atoms with Crippen LogP contribution in [0.4, 0.5) is 4.39 Å². The quantitative estimate of drug-likeness (QED) is 0.547. The van der Waals surface area contributed by atoms with Crippen molar-refractivity contribution >= 4 is 23.5 Å². The number of aliphatic hydroxyl groups is 1. The Bertz CT molecular complexity index is 969. The van der Waals surface area contributed by atoms with Gasteiger partial charge in [-0.3, -0.25) is 4.79 Å². The molecule has 1 heterocycles. The molecule has 2 aromatic rings. The predicted molar refractivity (Wildman–Crippen MR) is 115 cm³/mol. The molecule has 172 valence electrons. The van der Waals surface area contributed by atoms with Crippen molar-refractivity contribution in [3.63, 3.8) is 0 Å². The molecule has 9 heteroatoms. The van der Waals surface area contributed by atoms with Gasteiger partial charge in [0.25, 0.3) is 0 Å². The lowest BCUT2D eigenvalue weighted by Gasteiger charge is -2.43. The summed E-state index contributed by atoms with van der Waals surface area (Å²) in [6.07, 6.45) is -0.287. The lowest BCUT2D eigenvalue weighted by atomic mass is 9.81. The third kappa shape index (κ3) is 6.18. The zero-order valence-electron chi connectivity index (χ0n) is 17.5. The normalized spacial score (nSPS) is 22.9. The number of aliphatic hydroxyl groups excluding tert-OH is 1. The minimum atomic E-state index is -1.19. The summed E-state index contributed by atoms with van der Waals surface area (Å²) in [5.41, 5.74) is 0.614. The molecule has 3 atom stereocenters. The Morgan fingerprint density at radius 3 is 2.56 bits per heavy atom. The summed E-state index contributed by atoms with van der Waals surface area (Å²) in [5.74, 6) is -1.99. The van der Waals surface area contributed by atoms with Gasteiger partial charge in [0.2, 0.25) is 5.91 Å². The smallest absolute Gasteiger partial charge is 0.341 e. The Morgan fingerprint density at radius 1 is 1.22 bits per heavy atom. The minimum Gasteiger partial charge on any atom is -0.481 e. The van der Waals surface area contributed by atoms with Crippen molar-refractivity contribution in [1.29, 1.82) is 0 Å². The average molecular weight is 466 g/mol. The number of amides is 1. The van der Waals surface area contributed by atoms with Gasteiger partial charge in [0, 0.05) is 41.5 Å². The molecule has 0 saturated carbocycles. The Balaban J connectivity index is 1.96. The van der Waals surface area contributed by atoms with E-state index in [1.807, 2.05) is 19.1 Å². The van der Waals surface area contributed by atoms with Gasteiger partial charge in [0.15, 0.2) is 6.61 Å². The molecule has 0 aliphatic carbocycles. The number of aliphatic carboxylic acids is 1. The van der Waals surface area contributed by atoms with Gasteiger partial charge in [0.05, 0.1) is 18.8 Å². The third-order valence-electron chi connectivity index (χ3n) is 5.30. The number of carbonyl (C=O) groups is 2. The first-order chi connectivity index (χ1) is 15.2. The van der Waals surface area contributed by atoms with E-state index < -0.39 is 36.1 Å². The van der Waals surface area contributed by atoms with Gasteiger partial charge >= 0.3 is 5.97 Å². The van der Waals surface area contributed by atoms with Crippen LogP contribution in [0.2, 0.25) is 5.02 Å². The number of carbonyl (C=O) groups excluding carboxylic acids is 1. The molecule has 3 rings (SSSR count). The third-order valence-corrected chi connectivity index (χ3v) is 5.55. The summed E-state index contributed by atoms with van der Waals surface area (Å²) in [6, 6.07) is 11.0. The first-order valence-electron chi connectivity index (χ1n) is 10.2. The predicted octanol–water partition coefficient (Wildman–Crippen LogP) is 3.79. The van der Waals surface area contributed by atoms with E-state index in [1.54, 1.807) is 12.1 Å². The van der Waals surface area contributed by atoms with Crippen LogP contribution in [-0.4, -0.2) is 40.8 Å². The van der Waals surface area contributed by atoms with E-state index in [0.29, 0.717) is 23.4 Å². The Labute approximate surface area is 190 Å². The van der Waals surface area contributed by atoms with Crippen LogP contribution in [0.25, 0.3) is 0 Å². The number of rotatable bonds is 8. The maximum absolute atomic E-state index is 13.9. The van der Waals surface area contributed by atoms with Gasteiger partial charge in [-0.2, -0.15) is 0 Å². The van der Waals surface area contributed by atoms with Gasteiger partial charge in [0.1, 0.15) is 11.6 Å². The monoisotopic (exact) mass is 465 g/mol. The summed E-state index contributed by atoms with van der Waals surface area (Å²) in [7, 11) is 0. The maximum Gasteiger partial charge on any atom is 0.341 e. The van der Waals surface area contributed by atoms with Gasteiger partial charge in [-0.1, -0.05) is 23.7 Å². The number of ether oxygens (including phenoxy) is 2. The standard InChI is InChI=1S/C23H25ClFNO6/c1-23(26-21(28)8-9-27)11-19(14-2-4-15(24)5-3-14)32-20(12-23)17-7-6-16(25)10-18(17)31-13-22(29)30/h2-7,10,19-20,27H,8-9,11-13H2,1H3,(H,26,28)(H,29,30)/t19-,20+,23-/m1/s1. The van der Waals surface area contributed by atoms with Crippen molar-refractivity contribution in [2.75, 3.05) is 13.2 Å². The molecule has 2 aromatic carbocycles. The molecule has 1 amide bonds. The van der Waals surface area contributed by atoms with Crippen LogP contribution < -0.4 is 10.1 Å². The molecule has 1 aliphatic heterocycles. The summed E-state index contributed by atoms with van der Waals surface area (Å²) >= 11 is 6.01. The Hall–Kier alpha value is -2.68. The zero-order valence-corrected chi connectivity index (χ0v) is 18.3. The van der Waals surface area contributed by atoms with E-state index >= 15 is 0 Å². The molecule has 0 unspecified atom stereocenters. The molecular formula is C23H25ClFNO6. The summed E-state index contributed by atoms with van der Waals surface area (Å²) in [5, 5.41) is 21.6. The Morgan fingerprint density at radius 2 is 1.91 bits per heavy atom. The molecule has 7 nitrogen and oxygen atoms in total. The lowest BCUT2D eigenvalue weighted by Crippen LogP contribution is -2.51. The van der Waals surface area contributed by atoms with Crippen LogP contribution in [0.1, 0.15) is 49.5 Å². The molecule has 0 spiro atoms. The Kier molecular flexibility index (Phi) is 7.71. The van der Waals surface area contributed by atoms with Crippen molar-refractivity contribution in [1.82, 2.24) is 5.32 Å². The summed E-state index contributed by atoms with van der Waals surface area (Å²) in [6.45, 7) is 0.976. The van der Waals surface area contributed by atoms with E-state index in [-0.39, 0.29) is 24.7 Å². The largest absolute Gasteiger partial charge is 0.481 e. The van der Waals surface area contributed by atoms with Crippen LogP contribution >= 0.6 is 11.6 Å². The molecule has 1 fully saturated rings. The molecule has 0 radical (unpaired) electrons. The number of halogens is 2. The summed E-state index contributed by atoms with van der Waals surface area (Å²) in [4.78, 5) is 23.2. The lowest BCUT2D eigenvalue weighted by molar-refractivity contribution is -0.139. The molecule has 32 heavy (non-hydrogen) atoms. The molecule has 0 bridgehead atoms. The van der Waals surface area contributed by atoms with Crippen LogP contribution in [0.5, 0.6) is 5.75 Å². The molecular weight excluding hydrogens is 441 g/mol. The van der Waals surface area contributed by atoms with Crippen LogP contribution in [-0.2, 0) is 14.3 Å². The first-order valence-corrected chi connectivity index (χ1v) is 10.5. The highest BCUT2D eigenvalue weighted by Gasteiger charge is 2.41. The van der Waals surface area contributed by atoms with Crippen molar-refractivity contribution in [2.24, 2.45) is 0 Å². The van der Waals surface area contributed by atoms with Crippen molar-refractivity contribution in [3.05, 3.63) is 64.4 Å². The highest BCUT2D eigenvalue weighted by molar-refractivity contribution is 6.30. The number of benzene rings is 2. The van der Waals surface area contributed by atoms with Crippen LogP contribution in [0.15, 0.2) is 42.5 Å².